The number of halogens is 1. The number of aromatic nitrogens is 2. The molecule has 332 valence electrons. The number of methoxy groups -OCH3 is 2. The minimum Gasteiger partial charge on any atom is -0.496 e. The fraction of sp³-hybridized carbons (Fsp3) is 0.182. The Kier molecular flexibility index (Phi) is 19.3. The van der Waals surface area contributed by atoms with Crippen LogP contribution in [0.4, 0.5) is 21.0 Å². The molecule has 0 saturated heterocycles. The van der Waals surface area contributed by atoms with E-state index in [4.69, 9.17) is 20.2 Å². The van der Waals surface area contributed by atoms with Gasteiger partial charge in [-0.3, -0.25) is 9.97 Å². The van der Waals surface area contributed by atoms with Gasteiger partial charge in [-0.25, -0.2) is 26.4 Å². The molecule has 2 aromatic heterocycles. The van der Waals surface area contributed by atoms with Crippen LogP contribution >= 0.6 is 10.7 Å². The van der Waals surface area contributed by atoms with Crippen LogP contribution in [0.25, 0.3) is 0 Å². The van der Waals surface area contributed by atoms with Crippen molar-refractivity contribution in [3.8, 4) is 11.5 Å². The zero-order chi connectivity index (χ0) is 45.7. The number of carbonyl (C=O) groups is 2. The van der Waals surface area contributed by atoms with Gasteiger partial charge in [0.2, 0.25) is 10.0 Å². The first-order valence-corrected chi connectivity index (χ1v) is 22.9. The summed E-state index contributed by atoms with van der Waals surface area (Å²) in [7, 11) is 4.41. The molecule has 6 rings (SSSR count). The van der Waals surface area contributed by atoms with Crippen molar-refractivity contribution < 1.29 is 35.9 Å². The topological polar surface area (TPSA) is 210 Å². The number of ether oxygens (including phenoxy) is 2. The van der Waals surface area contributed by atoms with Crippen LogP contribution in [0.1, 0.15) is 22.3 Å². The fourth-order valence-corrected chi connectivity index (χ4v) is 7.42. The van der Waals surface area contributed by atoms with Gasteiger partial charge in [-0.2, -0.15) is 4.31 Å². The van der Waals surface area contributed by atoms with Crippen molar-refractivity contribution in [2.24, 2.45) is 0 Å². The standard InChI is InChI=1S/C22H24N4O4S.C13H12ClN3O3S.C9H13NO/c1-26(16-18-5-3-4-6-21(18)30-2)31(28,29)20-9-7-19(8-10-20)25-22(27)24-15-17-11-13-23-14-12-17;14-21(19,20)12-3-1-11(2-4-12)17-13(18)16-9-10-5-7-15-8-6-10;1-10-7-8-5-3-4-6-9(8)11-2/h3-14H,15-16H2,1-2H3,(H2,24,25,27);1-8H,9H2,(H2,16,17,18);3-6,10H,7H2,1-2H3. The summed E-state index contributed by atoms with van der Waals surface area (Å²) in [6, 6.07) is 33.3. The molecule has 0 aliphatic rings. The Balaban J connectivity index is 0.000000233. The minimum atomic E-state index is -3.76. The van der Waals surface area contributed by atoms with Crippen molar-refractivity contribution in [3.63, 3.8) is 0 Å². The summed E-state index contributed by atoms with van der Waals surface area (Å²) in [5.41, 5.74) is 4.75. The first-order chi connectivity index (χ1) is 30.2. The first-order valence-electron chi connectivity index (χ1n) is 19.1. The molecule has 16 nitrogen and oxygen atoms in total. The molecule has 63 heavy (non-hydrogen) atoms. The predicted molar refractivity (Wildman–Crippen MR) is 244 cm³/mol. The minimum absolute atomic E-state index is 0.0214. The Morgan fingerprint density at radius 2 is 1.00 bits per heavy atom. The second-order valence-electron chi connectivity index (χ2n) is 13.2. The number of urea groups is 2. The maximum atomic E-state index is 12.9. The van der Waals surface area contributed by atoms with Gasteiger partial charge in [0.1, 0.15) is 11.5 Å². The highest BCUT2D eigenvalue weighted by Crippen LogP contribution is 2.24. The summed E-state index contributed by atoms with van der Waals surface area (Å²) in [4.78, 5) is 31.7. The molecule has 0 aliphatic heterocycles. The SMILES string of the molecule is CNCc1ccccc1OC.COc1ccccc1CN(C)S(=O)(=O)c1ccc(NC(=O)NCc2ccncc2)cc1.O=C(NCc1ccncc1)Nc1ccc(S(=O)(=O)Cl)cc1. The molecule has 0 aliphatic carbocycles. The number of hydrogen-bond donors (Lipinski definition) is 5. The number of hydrogen-bond acceptors (Lipinski definition) is 11. The fourth-order valence-electron chi connectivity index (χ4n) is 5.51. The first kappa shape index (κ1) is 49.1. The normalized spacial score (nSPS) is 10.8. The lowest BCUT2D eigenvalue weighted by Crippen LogP contribution is -2.28. The molecule has 19 heteroatoms. The number of amides is 4. The number of nitrogens with zero attached hydrogens (tertiary/aromatic N) is 3. The number of para-hydroxylation sites is 2. The zero-order valence-electron chi connectivity index (χ0n) is 35.0. The van der Waals surface area contributed by atoms with Gasteiger partial charge in [0.25, 0.3) is 9.05 Å². The van der Waals surface area contributed by atoms with Crippen LogP contribution < -0.4 is 36.1 Å². The van der Waals surface area contributed by atoms with Crippen molar-refractivity contribution in [1.82, 2.24) is 30.2 Å². The number of sulfonamides is 1. The summed E-state index contributed by atoms with van der Waals surface area (Å²) < 4.78 is 59.7. The molecule has 0 radical (unpaired) electrons. The number of rotatable bonds is 15. The Hall–Kier alpha value is -6.57. The van der Waals surface area contributed by atoms with Crippen LogP contribution in [0.15, 0.2) is 156 Å². The van der Waals surface area contributed by atoms with E-state index in [2.05, 4.69) is 42.6 Å². The molecule has 5 N–H and O–H groups in total. The van der Waals surface area contributed by atoms with E-state index in [-0.39, 0.29) is 22.4 Å². The molecule has 4 amide bonds. The van der Waals surface area contributed by atoms with E-state index >= 15 is 0 Å². The van der Waals surface area contributed by atoms with Gasteiger partial charge in [0.05, 0.1) is 24.0 Å². The van der Waals surface area contributed by atoms with Gasteiger partial charge in [-0.1, -0.05) is 36.4 Å². The quantitative estimate of drug-likeness (QED) is 0.0664. The summed E-state index contributed by atoms with van der Waals surface area (Å²) in [6.45, 7) is 1.74. The summed E-state index contributed by atoms with van der Waals surface area (Å²) >= 11 is 0. The number of benzene rings is 4. The zero-order valence-corrected chi connectivity index (χ0v) is 37.4. The number of anilines is 2. The molecule has 6 aromatic rings. The molecule has 0 unspecified atom stereocenters. The van der Waals surface area contributed by atoms with E-state index in [0.29, 0.717) is 30.2 Å². The van der Waals surface area contributed by atoms with Crippen LogP contribution in [-0.4, -0.2) is 71.5 Å². The number of pyridine rings is 2. The molecule has 4 aromatic carbocycles. The van der Waals surface area contributed by atoms with E-state index in [0.717, 1.165) is 29.0 Å². The van der Waals surface area contributed by atoms with Crippen LogP contribution in [0.3, 0.4) is 0 Å². The molecule has 0 saturated carbocycles. The second-order valence-corrected chi connectivity index (χ2v) is 17.8. The van der Waals surface area contributed by atoms with Gasteiger partial charge in [-0.05, 0) is 103 Å². The second kappa shape index (κ2) is 24.8. The third-order valence-corrected chi connectivity index (χ3v) is 12.0. The van der Waals surface area contributed by atoms with Crippen LogP contribution in [-0.2, 0) is 45.3 Å². The summed E-state index contributed by atoms with van der Waals surface area (Å²) in [5.74, 6) is 1.57. The number of carbonyl (C=O) groups excluding carboxylic acids is 2. The van der Waals surface area contributed by atoms with E-state index < -0.39 is 25.1 Å². The smallest absolute Gasteiger partial charge is 0.319 e. The van der Waals surface area contributed by atoms with E-state index in [1.807, 2.05) is 55.6 Å². The van der Waals surface area contributed by atoms with Gasteiger partial charge in [0, 0.05) is 91.2 Å². The maximum absolute atomic E-state index is 12.9. The molecule has 2 heterocycles. The highest BCUT2D eigenvalue weighted by molar-refractivity contribution is 8.13. The van der Waals surface area contributed by atoms with Crippen molar-refractivity contribution >= 4 is 53.2 Å². The van der Waals surface area contributed by atoms with Gasteiger partial charge in [0.15, 0.2) is 0 Å². The number of nitrogens with one attached hydrogen (secondary N) is 5. The highest BCUT2D eigenvalue weighted by atomic mass is 35.7. The third-order valence-electron chi connectivity index (χ3n) is 8.76. The third kappa shape index (κ3) is 16.3. The van der Waals surface area contributed by atoms with E-state index in [9.17, 15) is 26.4 Å². The maximum Gasteiger partial charge on any atom is 0.319 e. The van der Waals surface area contributed by atoms with Gasteiger partial charge < -0.3 is 36.1 Å². The van der Waals surface area contributed by atoms with Crippen LogP contribution in [0.5, 0.6) is 11.5 Å². The Bertz CT molecular complexity index is 2580. The lowest BCUT2D eigenvalue weighted by molar-refractivity contribution is 0.251. The molecule has 0 bridgehead atoms. The van der Waals surface area contributed by atoms with E-state index in [1.54, 1.807) is 69.3 Å². The molecule has 0 fully saturated rings. The molecular formula is C44H49ClN8O8S2. The Morgan fingerprint density at radius 1 is 0.587 bits per heavy atom. The highest BCUT2D eigenvalue weighted by Gasteiger charge is 2.22. The Labute approximate surface area is 372 Å². The molecule has 0 spiro atoms. The van der Waals surface area contributed by atoms with Crippen LogP contribution in [0, 0.1) is 0 Å². The average molecular weight is 918 g/mol. The monoisotopic (exact) mass is 916 g/mol. The van der Waals surface area contributed by atoms with Gasteiger partial charge in [-0.15, -0.1) is 0 Å². The Morgan fingerprint density at radius 3 is 1.43 bits per heavy atom. The molecular weight excluding hydrogens is 868 g/mol. The lowest BCUT2D eigenvalue weighted by atomic mass is 10.2. The van der Waals surface area contributed by atoms with Crippen molar-refractivity contribution in [2.45, 2.75) is 36.0 Å². The molecule has 0 atom stereocenters. The van der Waals surface area contributed by atoms with E-state index in [1.165, 1.54) is 53.3 Å². The summed E-state index contributed by atoms with van der Waals surface area (Å²) in [6.07, 6.45) is 6.58. The van der Waals surface area contributed by atoms with Crippen LogP contribution in [0.2, 0.25) is 0 Å². The van der Waals surface area contributed by atoms with Crippen molar-refractivity contribution in [3.05, 3.63) is 168 Å². The predicted octanol–water partition coefficient (Wildman–Crippen LogP) is 6.98. The van der Waals surface area contributed by atoms with Crippen molar-refractivity contribution in [1.29, 1.82) is 0 Å². The van der Waals surface area contributed by atoms with Gasteiger partial charge >= 0.3 is 12.1 Å². The van der Waals surface area contributed by atoms with Crippen molar-refractivity contribution in [2.75, 3.05) is 38.9 Å². The largest absolute Gasteiger partial charge is 0.496 e. The average Bonchev–Trinajstić information content (AvgIpc) is 3.29. The summed E-state index contributed by atoms with van der Waals surface area (Å²) in [5, 5.41) is 13.8. The lowest BCUT2D eigenvalue weighted by Gasteiger charge is -2.19.